The number of allylic oxidation sites excluding steroid dienone is 1. The van der Waals surface area contributed by atoms with Gasteiger partial charge in [-0.1, -0.05) is 28.1 Å². The van der Waals surface area contributed by atoms with E-state index in [1.807, 2.05) is 32.9 Å². The molecule has 0 aliphatic heterocycles. The van der Waals surface area contributed by atoms with Crippen molar-refractivity contribution in [3.8, 4) is 0 Å². The number of alkyl halides is 1. The van der Waals surface area contributed by atoms with Crippen molar-refractivity contribution < 1.29 is 23.7 Å². The van der Waals surface area contributed by atoms with Crippen LogP contribution in [0.1, 0.15) is 27.2 Å². The summed E-state index contributed by atoms with van der Waals surface area (Å²) in [5.74, 6) is -0.242. The summed E-state index contributed by atoms with van der Waals surface area (Å²) in [4.78, 5) is 11.4. The van der Waals surface area contributed by atoms with Crippen LogP contribution in [0.5, 0.6) is 0 Å². The third-order valence-electron chi connectivity index (χ3n) is 2.08. The number of ether oxygens (including phenoxy) is 4. The van der Waals surface area contributed by atoms with Gasteiger partial charge in [0, 0.05) is 5.33 Å². The normalized spacial score (nSPS) is 12.0. The lowest BCUT2D eigenvalue weighted by molar-refractivity contribution is -0.156. The first-order valence-electron chi connectivity index (χ1n) is 7.12. The highest BCUT2D eigenvalue weighted by Crippen LogP contribution is 2.07. The first kappa shape index (κ1) is 20.6. The van der Waals surface area contributed by atoms with E-state index >= 15 is 0 Å². The average Bonchev–Trinajstić information content (AvgIpc) is 2.38. The maximum absolute atomic E-state index is 11.4. The summed E-state index contributed by atoms with van der Waals surface area (Å²) in [6.07, 6.45) is 4.20. The number of carbonyl (C=O) groups is 1. The molecule has 5 nitrogen and oxygen atoms in total. The predicted octanol–water partition coefficient (Wildman–Crippen LogP) is 2.72. The van der Waals surface area contributed by atoms with Crippen molar-refractivity contribution in [3.05, 3.63) is 12.2 Å². The minimum Gasteiger partial charge on any atom is -0.460 e. The first-order chi connectivity index (χ1) is 9.95. The third-order valence-corrected chi connectivity index (χ3v) is 2.46. The summed E-state index contributed by atoms with van der Waals surface area (Å²) in [7, 11) is 0. The molecule has 0 N–H and O–H groups in total. The van der Waals surface area contributed by atoms with Crippen LogP contribution in [-0.4, -0.2) is 56.5 Å². The van der Waals surface area contributed by atoms with E-state index in [9.17, 15) is 4.79 Å². The average molecular weight is 367 g/mol. The molecule has 124 valence electrons. The quantitative estimate of drug-likeness (QED) is 0.230. The second-order valence-electron chi connectivity index (χ2n) is 5.26. The molecule has 0 rings (SSSR count). The number of hydrogen-bond acceptors (Lipinski definition) is 5. The Morgan fingerprint density at radius 2 is 1.52 bits per heavy atom. The monoisotopic (exact) mass is 366 g/mol. The van der Waals surface area contributed by atoms with Gasteiger partial charge in [-0.15, -0.1) is 0 Å². The van der Waals surface area contributed by atoms with Gasteiger partial charge in [0.05, 0.1) is 46.1 Å². The summed E-state index contributed by atoms with van der Waals surface area (Å²) in [6, 6.07) is 0. The minimum atomic E-state index is -0.441. The van der Waals surface area contributed by atoms with E-state index in [1.54, 1.807) is 0 Å². The van der Waals surface area contributed by atoms with Crippen molar-refractivity contribution in [2.45, 2.75) is 32.8 Å². The Labute approximate surface area is 136 Å². The summed E-state index contributed by atoms with van der Waals surface area (Å²) < 4.78 is 21.1. The standard InChI is InChI=1S/C15H27BrO5/c1-15(2,3)21-14(17)6-9-19-11-13-20-12-10-18-8-5-4-7-16/h4-5H,6-13H2,1-3H3/b5-4+. The molecule has 0 radical (unpaired) electrons. The van der Waals surface area contributed by atoms with Crippen LogP contribution in [0.25, 0.3) is 0 Å². The van der Waals surface area contributed by atoms with Gasteiger partial charge in [0.25, 0.3) is 0 Å². The van der Waals surface area contributed by atoms with Crippen LogP contribution in [0.4, 0.5) is 0 Å². The summed E-state index contributed by atoms with van der Waals surface area (Å²) in [5.41, 5.74) is -0.441. The van der Waals surface area contributed by atoms with Crippen LogP contribution in [0, 0.1) is 0 Å². The molecule has 0 fully saturated rings. The summed E-state index contributed by atoms with van der Waals surface area (Å²) >= 11 is 3.29. The van der Waals surface area contributed by atoms with Crippen molar-refractivity contribution in [2.75, 3.05) is 45.0 Å². The fourth-order valence-corrected chi connectivity index (χ4v) is 1.53. The number of carbonyl (C=O) groups excluding carboxylic acids is 1. The van der Waals surface area contributed by atoms with Gasteiger partial charge >= 0.3 is 5.97 Å². The van der Waals surface area contributed by atoms with Gasteiger partial charge in [-0.2, -0.15) is 0 Å². The molecule has 0 saturated heterocycles. The van der Waals surface area contributed by atoms with E-state index in [4.69, 9.17) is 18.9 Å². The zero-order valence-corrected chi connectivity index (χ0v) is 14.8. The van der Waals surface area contributed by atoms with Crippen LogP contribution < -0.4 is 0 Å². The van der Waals surface area contributed by atoms with Gasteiger partial charge in [0.2, 0.25) is 0 Å². The molecule has 0 heterocycles. The van der Waals surface area contributed by atoms with E-state index < -0.39 is 5.60 Å². The molecule has 21 heavy (non-hydrogen) atoms. The minimum absolute atomic E-state index is 0.242. The van der Waals surface area contributed by atoms with E-state index in [2.05, 4.69) is 15.9 Å². The molecule has 0 atom stereocenters. The number of hydrogen-bond donors (Lipinski definition) is 0. The van der Waals surface area contributed by atoms with E-state index in [0.29, 0.717) is 39.6 Å². The SMILES string of the molecule is CC(C)(C)OC(=O)CCOCCOCCOC/C=C/CBr. The van der Waals surface area contributed by atoms with Crippen molar-refractivity contribution in [1.82, 2.24) is 0 Å². The number of halogens is 1. The van der Waals surface area contributed by atoms with Gasteiger partial charge < -0.3 is 18.9 Å². The van der Waals surface area contributed by atoms with Crippen LogP contribution in [0.3, 0.4) is 0 Å². The zero-order chi connectivity index (χ0) is 16.0. The predicted molar refractivity (Wildman–Crippen MR) is 85.9 cm³/mol. The molecule has 0 aliphatic carbocycles. The van der Waals surface area contributed by atoms with Gasteiger partial charge in [-0.05, 0) is 20.8 Å². The fourth-order valence-electron chi connectivity index (χ4n) is 1.27. The lowest BCUT2D eigenvalue weighted by Gasteiger charge is -2.19. The van der Waals surface area contributed by atoms with Gasteiger partial charge in [0.15, 0.2) is 0 Å². The Morgan fingerprint density at radius 1 is 0.952 bits per heavy atom. The van der Waals surface area contributed by atoms with Gasteiger partial charge in [-0.3, -0.25) is 4.79 Å². The molecule has 0 unspecified atom stereocenters. The molecule has 0 bridgehead atoms. The maximum atomic E-state index is 11.4. The summed E-state index contributed by atoms with van der Waals surface area (Å²) in [6.45, 7) is 8.54. The number of rotatable bonds is 12. The van der Waals surface area contributed by atoms with Crippen molar-refractivity contribution in [3.63, 3.8) is 0 Å². The smallest absolute Gasteiger partial charge is 0.308 e. The third kappa shape index (κ3) is 17.5. The van der Waals surface area contributed by atoms with Crippen molar-refractivity contribution in [2.24, 2.45) is 0 Å². The molecular weight excluding hydrogens is 340 g/mol. The Hall–Kier alpha value is -0.430. The largest absolute Gasteiger partial charge is 0.460 e. The van der Waals surface area contributed by atoms with Crippen LogP contribution in [0.2, 0.25) is 0 Å². The van der Waals surface area contributed by atoms with E-state index in [1.165, 1.54) is 0 Å². The molecular formula is C15H27BrO5. The molecule has 6 heteroatoms. The molecule has 0 aromatic heterocycles. The Bertz CT molecular complexity index is 286. The van der Waals surface area contributed by atoms with E-state index in [0.717, 1.165) is 5.33 Å². The van der Waals surface area contributed by atoms with Crippen LogP contribution in [0.15, 0.2) is 12.2 Å². The zero-order valence-electron chi connectivity index (χ0n) is 13.2. The molecule has 0 aliphatic rings. The molecule has 0 saturated carbocycles. The molecule has 0 aromatic carbocycles. The van der Waals surface area contributed by atoms with Gasteiger partial charge in [0.1, 0.15) is 5.60 Å². The van der Waals surface area contributed by atoms with Crippen LogP contribution in [-0.2, 0) is 23.7 Å². The lowest BCUT2D eigenvalue weighted by atomic mass is 10.2. The second-order valence-corrected chi connectivity index (χ2v) is 5.91. The molecule has 0 amide bonds. The van der Waals surface area contributed by atoms with Crippen LogP contribution >= 0.6 is 15.9 Å². The Morgan fingerprint density at radius 3 is 2.10 bits per heavy atom. The lowest BCUT2D eigenvalue weighted by Crippen LogP contribution is -2.24. The van der Waals surface area contributed by atoms with Crippen molar-refractivity contribution in [1.29, 1.82) is 0 Å². The Kier molecular flexibility index (Phi) is 13.0. The van der Waals surface area contributed by atoms with Gasteiger partial charge in [-0.25, -0.2) is 0 Å². The highest BCUT2D eigenvalue weighted by Gasteiger charge is 2.15. The molecule has 0 aromatic rings. The van der Waals surface area contributed by atoms with Crippen molar-refractivity contribution >= 4 is 21.9 Å². The highest BCUT2D eigenvalue weighted by molar-refractivity contribution is 9.09. The summed E-state index contributed by atoms with van der Waals surface area (Å²) in [5, 5.41) is 0.841. The van der Waals surface area contributed by atoms with E-state index in [-0.39, 0.29) is 12.4 Å². The molecule has 0 spiro atoms. The second kappa shape index (κ2) is 13.2. The fraction of sp³-hybridized carbons (Fsp3) is 0.800. The first-order valence-corrected chi connectivity index (χ1v) is 8.24. The maximum Gasteiger partial charge on any atom is 0.308 e. The highest BCUT2D eigenvalue weighted by atomic mass is 79.9. The number of esters is 1. The Balaban J connectivity index is 3.22. The topological polar surface area (TPSA) is 54.0 Å².